The van der Waals surface area contributed by atoms with Crippen molar-refractivity contribution < 1.29 is 4.74 Å². The van der Waals surface area contributed by atoms with Crippen LogP contribution in [0.15, 0.2) is 24.8 Å². The first kappa shape index (κ1) is 11.4. The Balaban J connectivity index is 1.99. The van der Waals surface area contributed by atoms with E-state index in [9.17, 15) is 0 Å². The summed E-state index contributed by atoms with van der Waals surface area (Å²) in [5.41, 5.74) is 0.843. The van der Waals surface area contributed by atoms with E-state index in [-0.39, 0.29) is 0 Å². The molecule has 16 heavy (non-hydrogen) atoms. The van der Waals surface area contributed by atoms with Gasteiger partial charge in [-0.15, -0.1) is 0 Å². The van der Waals surface area contributed by atoms with Gasteiger partial charge in [0.25, 0.3) is 0 Å². The van der Waals surface area contributed by atoms with E-state index in [1.807, 2.05) is 6.07 Å². The topological polar surface area (TPSA) is 34.1 Å². The van der Waals surface area contributed by atoms with Gasteiger partial charge in [-0.2, -0.15) is 0 Å². The Hall–Kier alpha value is -1.06. The maximum absolute atomic E-state index is 6.06. The summed E-state index contributed by atoms with van der Waals surface area (Å²) in [6.45, 7) is 4.76. The first-order chi connectivity index (χ1) is 7.79. The maximum Gasteiger partial charge on any atom is 0.213 e. The average Bonchev–Trinajstić information content (AvgIpc) is 3.10. The molecule has 3 nitrogen and oxygen atoms in total. The minimum atomic E-state index is 0.462. The molecule has 1 aliphatic rings. The maximum atomic E-state index is 6.06. The second-order valence-electron chi connectivity index (χ2n) is 3.83. The van der Waals surface area contributed by atoms with Crippen molar-refractivity contribution in [2.24, 2.45) is 0 Å². The molecule has 1 aromatic heterocycles. The van der Waals surface area contributed by atoms with Gasteiger partial charge in [0.1, 0.15) is 6.61 Å². The smallest absolute Gasteiger partial charge is 0.213 e. The molecule has 0 unspecified atom stereocenters. The summed E-state index contributed by atoms with van der Waals surface area (Å²) in [4.78, 5) is 4.35. The van der Waals surface area contributed by atoms with E-state index in [1.54, 1.807) is 12.1 Å². The predicted molar refractivity (Wildman–Crippen MR) is 64.8 cm³/mol. The zero-order valence-electron chi connectivity index (χ0n) is 9.08. The zero-order chi connectivity index (χ0) is 11.4. The SMILES string of the molecule is C=CCOc1ccc(Cl)c(CNC2CC2)n1. The lowest BCUT2D eigenvalue weighted by atomic mass is 10.3. The second kappa shape index (κ2) is 5.32. The Morgan fingerprint density at radius 1 is 1.56 bits per heavy atom. The van der Waals surface area contributed by atoms with Crippen LogP contribution in [0.4, 0.5) is 0 Å². The molecule has 1 heterocycles. The lowest BCUT2D eigenvalue weighted by Crippen LogP contribution is -2.16. The molecule has 0 spiro atoms. The van der Waals surface area contributed by atoms with E-state index in [2.05, 4.69) is 16.9 Å². The third kappa shape index (κ3) is 3.22. The van der Waals surface area contributed by atoms with Gasteiger partial charge in [-0.3, -0.25) is 0 Å². The highest BCUT2D eigenvalue weighted by Crippen LogP contribution is 2.22. The number of nitrogens with one attached hydrogen (secondary N) is 1. The highest BCUT2D eigenvalue weighted by Gasteiger charge is 2.20. The van der Waals surface area contributed by atoms with E-state index in [4.69, 9.17) is 16.3 Å². The molecule has 0 atom stereocenters. The van der Waals surface area contributed by atoms with E-state index >= 15 is 0 Å². The molecule has 4 heteroatoms. The Labute approximate surface area is 100 Å². The van der Waals surface area contributed by atoms with Crippen LogP contribution < -0.4 is 10.1 Å². The van der Waals surface area contributed by atoms with Crippen LogP contribution in [0.3, 0.4) is 0 Å². The van der Waals surface area contributed by atoms with Crippen LogP contribution in [0.25, 0.3) is 0 Å². The Morgan fingerprint density at radius 3 is 3.06 bits per heavy atom. The minimum Gasteiger partial charge on any atom is -0.473 e. The van der Waals surface area contributed by atoms with Crippen LogP contribution >= 0.6 is 11.6 Å². The molecule has 0 radical (unpaired) electrons. The molecule has 1 aromatic rings. The highest BCUT2D eigenvalue weighted by atomic mass is 35.5. The van der Waals surface area contributed by atoms with Gasteiger partial charge in [0.2, 0.25) is 5.88 Å². The number of halogens is 1. The van der Waals surface area contributed by atoms with Crippen molar-refractivity contribution in [3.63, 3.8) is 0 Å². The van der Waals surface area contributed by atoms with E-state index in [1.165, 1.54) is 12.8 Å². The van der Waals surface area contributed by atoms with Crippen molar-refractivity contribution >= 4 is 11.6 Å². The molecule has 0 amide bonds. The van der Waals surface area contributed by atoms with Gasteiger partial charge in [-0.25, -0.2) is 4.98 Å². The minimum absolute atomic E-state index is 0.462. The Bertz CT molecular complexity index is 377. The van der Waals surface area contributed by atoms with Crippen molar-refractivity contribution in [1.29, 1.82) is 0 Å². The van der Waals surface area contributed by atoms with Crippen molar-refractivity contribution in [3.05, 3.63) is 35.5 Å². The Kier molecular flexibility index (Phi) is 3.80. The second-order valence-corrected chi connectivity index (χ2v) is 4.24. The van der Waals surface area contributed by atoms with Crippen molar-refractivity contribution in [3.8, 4) is 5.88 Å². The molecule has 1 fully saturated rings. The fourth-order valence-electron chi connectivity index (χ4n) is 1.34. The monoisotopic (exact) mass is 238 g/mol. The van der Waals surface area contributed by atoms with E-state index in [0.29, 0.717) is 30.1 Å². The fourth-order valence-corrected chi connectivity index (χ4v) is 1.51. The third-order valence-electron chi connectivity index (χ3n) is 2.38. The number of rotatable bonds is 6. The molecule has 0 bridgehead atoms. The number of nitrogens with zero attached hydrogens (tertiary/aromatic N) is 1. The van der Waals surface area contributed by atoms with Crippen molar-refractivity contribution in [2.45, 2.75) is 25.4 Å². The van der Waals surface area contributed by atoms with Crippen molar-refractivity contribution in [2.75, 3.05) is 6.61 Å². The predicted octanol–water partition coefficient (Wildman–Crippen LogP) is 2.55. The van der Waals surface area contributed by atoms with Crippen LogP contribution in [0.1, 0.15) is 18.5 Å². The zero-order valence-corrected chi connectivity index (χ0v) is 9.83. The number of ether oxygens (including phenoxy) is 1. The average molecular weight is 239 g/mol. The van der Waals surface area contributed by atoms with E-state index < -0.39 is 0 Å². The normalized spacial score (nSPS) is 14.8. The summed E-state index contributed by atoms with van der Waals surface area (Å²) in [7, 11) is 0. The molecule has 86 valence electrons. The molecule has 0 aliphatic heterocycles. The van der Waals surface area contributed by atoms with Crippen LogP contribution in [0, 0.1) is 0 Å². The van der Waals surface area contributed by atoms with Crippen LogP contribution in [-0.4, -0.2) is 17.6 Å². The molecular weight excluding hydrogens is 224 g/mol. The lowest BCUT2D eigenvalue weighted by Gasteiger charge is -2.07. The summed E-state index contributed by atoms with van der Waals surface area (Å²) < 4.78 is 5.36. The summed E-state index contributed by atoms with van der Waals surface area (Å²) >= 11 is 6.06. The lowest BCUT2D eigenvalue weighted by molar-refractivity contribution is 0.347. The number of pyridine rings is 1. The molecule has 0 aromatic carbocycles. The van der Waals surface area contributed by atoms with Crippen LogP contribution in [0.2, 0.25) is 5.02 Å². The Morgan fingerprint density at radius 2 is 2.38 bits per heavy atom. The largest absolute Gasteiger partial charge is 0.473 e. The van der Waals surface area contributed by atoms with Gasteiger partial charge in [0.15, 0.2) is 0 Å². The number of hydrogen-bond acceptors (Lipinski definition) is 3. The van der Waals surface area contributed by atoms with Gasteiger partial charge in [-0.1, -0.05) is 24.3 Å². The molecular formula is C12H15ClN2O. The van der Waals surface area contributed by atoms with Gasteiger partial charge in [-0.05, 0) is 18.9 Å². The van der Waals surface area contributed by atoms with Crippen LogP contribution in [-0.2, 0) is 6.54 Å². The number of aromatic nitrogens is 1. The van der Waals surface area contributed by atoms with E-state index in [0.717, 1.165) is 5.69 Å². The summed E-state index contributed by atoms with van der Waals surface area (Å²) in [6, 6.07) is 4.24. The quantitative estimate of drug-likeness (QED) is 0.774. The van der Waals surface area contributed by atoms with Crippen molar-refractivity contribution in [1.82, 2.24) is 10.3 Å². The molecule has 1 N–H and O–H groups in total. The molecule has 2 rings (SSSR count). The summed E-state index contributed by atoms with van der Waals surface area (Å²) in [6.07, 6.45) is 4.20. The highest BCUT2D eigenvalue weighted by molar-refractivity contribution is 6.31. The first-order valence-corrected chi connectivity index (χ1v) is 5.80. The van der Waals surface area contributed by atoms with Crippen LogP contribution in [0.5, 0.6) is 5.88 Å². The third-order valence-corrected chi connectivity index (χ3v) is 2.72. The molecule has 1 aliphatic carbocycles. The molecule has 0 saturated heterocycles. The van der Waals surface area contributed by atoms with Gasteiger partial charge in [0.05, 0.1) is 10.7 Å². The summed E-state index contributed by atoms with van der Waals surface area (Å²) in [5.74, 6) is 0.594. The van der Waals surface area contributed by atoms with Gasteiger partial charge >= 0.3 is 0 Å². The first-order valence-electron chi connectivity index (χ1n) is 5.42. The fraction of sp³-hybridized carbons (Fsp3) is 0.417. The van der Waals surface area contributed by atoms with Gasteiger partial charge < -0.3 is 10.1 Å². The van der Waals surface area contributed by atoms with Gasteiger partial charge in [0, 0.05) is 18.7 Å². The molecule has 1 saturated carbocycles. The standard InChI is InChI=1S/C12H15ClN2O/c1-2-7-16-12-6-5-10(13)11(15-12)8-14-9-3-4-9/h2,5-6,9,14H,1,3-4,7-8H2. The summed E-state index contributed by atoms with van der Waals surface area (Å²) in [5, 5.41) is 4.05. The number of hydrogen-bond donors (Lipinski definition) is 1.